The molecule has 0 aliphatic heterocycles. The minimum Gasteiger partial charge on any atom is -0.361 e. The fraction of sp³-hybridized carbons (Fsp3) is 0.375. The van der Waals surface area contributed by atoms with Gasteiger partial charge in [-0.05, 0) is 30.5 Å². The van der Waals surface area contributed by atoms with Crippen molar-refractivity contribution in [1.29, 1.82) is 0 Å². The Labute approximate surface area is 166 Å². The molecule has 0 bridgehead atoms. The van der Waals surface area contributed by atoms with Gasteiger partial charge in [0.2, 0.25) is 5.91 Å². The Hall–Kier alpha value is -2.62. The summed E-state index contributed by atoms with van der Waals surface area (Å²) in [5.74, 6) is -0.141. The number of nitrogens with zero attached hydrogens (tertiary/aromatic N) is 1. The Balaban J connectivity index is 1.69. The van der Waals surface area contributed by atoms with Crippen LogP contribution in [0.4, 0.5) is 4.39 Å². The third-order valence-electron chi connectivity index (χ3n) is 5.24. The van der Waals surface area contributed by atoms with Gasteiger partial charge in [0.15, 0.2) is 0 Å². The van der Waals surface area contributed by atoms with Crippen LogP contribution in [-0.2, 0) is 17.8 Å². The molecule has 0 saturated heterocycles. The molecule has 0 spiro atoms. The first-order chi connectivity index (χ1) is 13.7. The van der Waals surface area contributed by atoms with Crippen molar-refractivity contribution in [3.8, 4) is 0 Å². The molecule has 0 aliphatic rings. The molecule has 3 nitrogen and oxygen atoms in total. The van der Waals surface area contributed by atoms with Gasteiger partial charge in [0, 0.05) is 42.2 Å². The number of unbranched alkanes of at least 4 members (excludes halogenated alkanes) is 3. The maximum Gasteiger partial charge on any atom is 0.222 e. The summed E-state index contributed by atoms with van der Waals surface area (Å²) in [5, 5.41) is 1.18. The van der Waals surface area contributed by atoms with E-state index in [1.54, 1.807) is 12.1 Å². The number of halogens is 1. The number of benzene rings is 2. The van der Waals surface area contributed by atoms with E-state index in [4.69, 9.17) is 0 Å². The lowest BCUT2D eigenvalue weighted by atomic mass is 10.1. The van der Waals surface area contributed by atoms with Gasteiger partial charge in [-0.25, -0.2) is 4.39 Å². The molecule has 1 heterocycles. The predicted octanol–water partition coefficient (Wildman–Crippen LogP) is 5.85. The molecule has 148 valence electrons. The van der Waals surface area contributed by atoms with Crippen molar-refractivity contribution < 1.29 is 9.18 Å². The van der Waals surface area contributed by atoms with Crippen LogP contribution in [0.2, 0.25) is 0 Å². The number of fused-ring (bicyclic) bond motifs is 1. The van der Waals surface area contributed by atoms with E-state index in [2.05, 4.69) is 24.0 Å². The maximum atomic E-state index is 14.1. The number of carbonyl (C=O) groups excluding carboxylic acids is 1. The standard InChI is InChI=1S/C24H29FN2O/c1-2-3-4-5-14-24(28)27(18-20-10-6-8-12-22(20)25)16-15-19-17-26-23-13-9-7-11-21(19)23/h6-13,17,26H,2-5,14-16,18H2,1H3. The number of nitrogens with one attached hydrogen (secondary N) is 1. The van der Waals surface area contributed by atoms with Crippen LogP contribution < -0.4 is 0 Å². The van der Waals surface area contributed by atoms with Gasteiger partial charge in [-0.3, -0.25) is 4.79 Å². The molecule has 0 saturated carbocycles. The molecule has 1 aromatic heterocycles. The Morgan fingerprint density at radius 3 is 2.61 bits per heavy atom. The highest BCUT2D eigenvalue weighted by Gasteiger charge is 2.16. The second kappa shape index (κ2) is 10.1. The predicted molar refractivity (Wildman–Crippen MR) is 113 cm³/mol. The number of hydrogen-bond acceptors (Lipinski definition) is 1. The van der Waals surface area contributed by atoms with Crippen molar-refractivity contribution in [1.82, 2.24) is 9.88 Å². The zero-order chi connectivity index (χ0) is 19.8. The molecule has 3 rings (SSSR count). The van der Waals surface area contributed by atoms with Crippen molar-refractivity contribution in [2.45, 2.75) is 52.0 Å². The number of para-hydroxylation sites is 1. The molecular formula is C24H29FN2O. The summed E-state index contributed by atoms with van der Waals surface area (Å²) in [4.78, 5) is 17.9. The second-order valence-electron chi connectivity index (χ2n) is 7.33. The van der Waals surface area contributed by atoms with Gasteiger partial charge < -0.3 is 9.88 Å². The summed E-state index contributed by atoms with van der Waals surface area (Å²) in [6.07, 6.45) is 7.55. The largest absolute Gasteiger partial charge is 0.361 e. The van der Waals surface area contributed by atoms with E-state index < -0.39 is 0 Å². The third kappa shape index (κ3) is 5.22. The van der Waals surface area contributed by atoms with Gasteiger partial charge >= 0.3 is 0 Å². The van der Waals surface area contributed by atoms with E-state index >= 15 is 0 Å². The van der Waals surface area contributed by atoms with Crippen LogP contribution in [0.3, 0.4) is 0 Å². The van der Waals surface area contributed by atoms with Crippen LogP contribution in [0.15, 0.2) is 54.7 Å². The Morgan fingerprint density at radius 1 is 1.00 bits per heavy atom. The first-order valence-electron chi connectivity index (χ1n) is 10.2. The topological polar surface area (TPSA) is 36.1 Å². The zero-order valence-electron chi connectivity index (χ0n) is 16.6. The number of amides is 1. The molecule has 0 radical (unpaired) electrons. The van der Waals surface area contributed by atoms with Crippen LogP contribution in [0.5, 0.6) is 0 Å². The number of rotatable bonds is 10. The van der Waals surface area contributed by atoms with Gasteiger partial charge in [0.05, 0.1) is 0 Å². The second-order valence-corrected chi connectivity index (χ2v) is 7.33. The summed E-state index contributed by atoms with van der Waals surface area (Å²) in [6, 6.07) is 14.9. The van der Waals surface area contributed by atoms with Crippen molar-refractivity contribution in [2.24, 2.45) is 0 Å². The van der Waals surface area contributed by atoms with Crippen LogP contribution in [0.25, 0.3) is 10.9 Å². The first kappa shape index (κ1) is 20.1. The Bertz CT molecular complexity index is 902. The fourth-order valence-electron chi connectivity index (χ4n) is 3.58. The third-order valence-corrected chi connectivity index (χ3v) is 5.24. The van der Waals surface area contributed by atoms with Gasteiger partial charge in [0.25, 0.3) is 0 Å². The number of aromatic amines is 1. The number of carbonyl (C=O) groups is 1. The molecule has 2 aromatic carbocycles. The lowest BCUT2D eigenvalue weighted by Crippen LogP contribution is -2.32. The molecule has 1 amide bonds. The van der Waals surface area contributed by atoms with Crippen molar-refractivity contribution in [2.75, 3.05) is 6.54 Å². The molecule has 28 heavy (non-hydrogen) atoms. The average molecular weight is 381 g/mol. The lowest BCUT2D eigenvalue weighted by molar-refractivity contribution is -0.132. The van der Waals surface area contributed by atoms with Crippen molar-refractivity contribution in [3.05, 3.63) is 71.7 Å². The van der Waals surface area contributed by atoms with Crippen LogP contribution >= 0.6 is 0 Å². The smallest absolute Gasteiger partial charge is 0.222 e. The fourth-order valence-corrected chi connectivity index (χ4v) is 3.58. The summed E-state index contributed by atoms with van der Waals surface area (Å²) in [5.41, 5.74) is 2.86. The quantitative estimate of drug-likeness (QED) is 0.440. The Morgan fingerprint density at radius 2 is 1.79 bits per heavy atom. The van der Waals surface area contributed by atoms with E-state index in [9.17, 15) is 9.18 Å². The zero-order valence-corrected chi connectivity index (χ0v) is 16.6. The van der Waals surface area contributed by atoms with Crippen LogP contribution in [0.1, 0.15) is 50.2 Å². The molecule has 1 N–H and O–H groups in total. The highest BCUT2D eigenvalue weighted by atomic mass is 19.1. The van der Waals surface area contributed by atoms with Crippen LogP contribution in [-0.4, -0.2) is 22.3 Å². The molecule has 3 aromatic rings. The van der Waals surface area contributed by atoms with Gasteiger partial charge in [-0.1, -0.05) is 62.6 Å². The highest BCUT2D eigenvalue weighted by Crippen LogP contribution is 2.19. The van der Waals surface area contributed by atoms with Gasteiger partial charge in [-0.15, -0.1) is 0 Å². The van der Waals surface area contributed by atoms with Gasteiger partial charge in [-0.2, -0.15) is 0 Å². The number of aromatic nitrogens is 1. The summed E-state index contributed by atoms with van der Waals surface area (Å²) in [6.45, 7) is 3.07. The summed E-state index contributed by atoms with van der Waals surface area (Å²) < 4.78 is 14.1. The molecule has 0 aliphatic carbocycles. The normalized spacial score (nSPS) is 11.1. The molecule has 4 heteroatoms. The minimum absolute atomic E-state index is 0.110. The van der Waals surface area contributed by atoms with E-state index in [0.717, 1.165) is 37.6 Å². The summed E-state index contributed by atoms with van der Waals surface area (Å²) in [7, 11) is 0. The van der Waals surface area contributed by atoms with Crippen molar-refractivity contribution in [3.63, 3.8) is 0 Å². The highest BCUT2D eigenvalue weighted by molar-refractivity contribution is 5.83. The Kier molecular flexibility index (Phi) is 7.24. The molecule has 0 atom stereocenters. The molecule has 0 fully saturated rings. The van der Waals surface area contributed by atoms with E-state index in [1.807, 2.05) is 29.3 Å². The lowest BCUT2D eigenvalue weighted by Gasteiger charge is -2.23. The van der Waals surface area contributed by atoms with Crippen molar-refractivity contribution >= 4 is 16.8 Å². The summed E-state index contributed by atoms with van der Waals surface area (Å²) >= 11 is 0. The molecular weight excluding hydrogens is 351 g/mol. The average Bonchev–Trinajstić information content (AvgIpc) is 3.13. The molecule has 0 unspecified atom stereocenters. The maximum absolute atomic E-state index is 14.1. The van der Waals surface area contributed by atoms with E-state index in [0.29, 0.717) is 25.1 Å². The first-order valence-corrected chi connectivity index (χ1v) is 10.2. The van der Waals surface area contributed by atoms with E-state index in [1.165, 1.54) is 17.0 Å². The van der Waals surface area contributed by atoms with Crippen LogP contribution in [0, 0.1) is 5.82 Å². The van der Waals surface area contributed by atoms with E-state index in [-0.39, 0.29) is 11.7 Å². The number of H-pyrrole nitrogens is 1. The SMILES string of the molecule is CCCCCCC(=O)N(CCc1c[nH]c2ccccc12)Cc1ccccc1F. The van der Waals surface area contributed by atoms with Gasteiger partial charge in [0.1, 0.15) is 5.82 Å². The minimum atomic E-state index is -0.252. The number of hydrogen-bond donors (Lipinski definition) is 1. The monoisotopic (exact) mass is 380 g/mol.